The molecule has 0 spiro atoms. The first kappa shape index (κ1) is 29.3. The number of esters is 1. The Bertz CT molecular complexity index is 1410. The Morgan fingerprint density at radius 1 is 0.951 bits per heavy atom. The topological polar surface area (TPSA) is 102 Å². The quantitative estimate of drug-likeness (QED) is 0.213. The smallest absolute Gasteiger partial charge is 0.337 e. The second kappa shape index (κ2) is 12.6. The molecule has 0 bridgehead atoms. The average molecular weight is 555 g/mol. The molecule has 1 saturated heterocycles. The molecule has 1 aliphatic rings. The summed E-state index contributed by atoms with van der Waals surface area (Å²) >= 11 is 0. The number of rotatable bonds is 11. The normalized spacial score (nSPS) is 17.1. The largest absolute Gasteiger partial charge is 0.484 e. The van der Waals surface area contributed by atoms with E-state index < -0.39 is 47.1 Å². The maximum Gasteiger partial charge on any atom is 0.337 e. The predicted octanol–water partition coefficient (Wildman–Crippen LogP) is 4.50. The molecule has 0 radical (unpaired) electrons. The van der Waals surface area contributed by atoms with Crippen LogP contribution in [-0.4, -0.2) is 47.2 Å². The van der Waals surface area contributed by atoms with Gasteiger partial charge in [0.25, 0.3) is 5.91 Å². The number of hydrogen-bond acceptors (Lipinski definition) is 6. The Balaban J connectivity index is 1.64. The van der Waals surface area contributed by atoms with Crippen molar-refractivity contribution in [2.24, 2.45) is 5.41 Å². The molecule has 3 unspecified atom stereocenters. The van der Waals surface area contributed by atoms with Gasteiger partial charge in [0.2, 0.25) is 5.91 Å². The number of β-lactam (4-membered cyclic amide) rings is 1. The number of ketones is 1. The molecule has 0 aliphatic carbocycles. The summed E-state index contributed by atoms with van der Waals surface area (Å²) in [6.45, 7) is 8.56. The maximum absolute atomic E-state index is 13.7. The molecule has 1 N–H and O–H groups in total. The zero-order chi connectivity index (χ0) is 29.6. The fourth-order valence-electron chi connectivity index (χ4n) is 4.68. The summed E-state index contributed by atoms with van der Waals surface area (Å²) in [7, 11) is 0. The van der Waals surface area contributed by atoms with Crippen LogP contribution in [0.1, 0.15) is 43.5 Å². The number of ether oxygens (including phenoxy) is 2. The van der Waals surface area contributed by atoms with Gasteiger partial charge < -0.3 is 19.7 Å². The van der Waals surface area contributed by atoms with Crippen LogP contribution in [0.5, 0.6) is 5.75 Å². The highest BCUT2D eigenvalue weighted by Gasteiger charge is 2.57. The van der Waals surface area contributed by atoms with Crippen LogP contribution >= 0.6 is 0 Å². The highest BCUT2D eigenvalue weighted by Crippen LogP contribution is 2.40. The zero-order valence-corrected chi connectivity index (χ0v) is 23.4. The Labute approximate surface area is 240 Å². The van der Waals surface area contributed by atoms with Crippen molar-refractivity contribution in [3.63, 3.8) is 0 Å². The fourth-order valence-corrected chi connectivity index (χ4v) is 4.68. The third kappa shape index (κ3) is 6.72. The van der Waals surface area contributed by atoms with Crippen LogP contribution < -0.4 is 10.1 Å². The summed E-state index contributed by atoms with van der Waals surface area (Å²) in [5.41, 5.74) is 1.13. The van der Waals surface area contributed by atoms with Crippen LogP contribution in [0.3, 0.4) is 0 Å². The number of amides is 2. The first-order chi connectivity index (χ1) is 19.6. The Kier molecular flexibility index (Phi) is 9.02. The van der Waals surface area contributed by atoms with Gasteiger partial charge in [-0.1, -0.05) is 106 Å². The van der Waals surface area contributed by atoms with E-state index in [4.69, 9.17) is 9.47 Å². The highest BCUT2D eigenvalue weighted by atomic mass is 16.5. The minimum absolute atomic E-state index is 0.0550. The van der Waals surface area contributed by atoms with Gasteiger partial charge in [0, 0.05) is 5.41 Å². The summed E-state index contributed by atoms with van der Waals surface area (Å²) in [5.74, 6) is -1.88. The average Bonchev–Trinajstić information content (AvgIpc) is 2.98. The summed E-state index contributed by atoms with van der Waals surface area (Å²) < 4.78 is 11.1. The molecule has 3 aromatic carbocycles. The molecule has 8 heteroatoms. The number of likely N-dealkylation sites (tertiary alicyclic amines) is 1. The minimum Gasteiger partial charge on any atom is -0.484 e. The second-order valence-electron chi connectivity index (χ2n) is 10.8. The molecule has 0 aromatic heterocycles. The van der Waals surface area contributed by atoms with E-state index in [9.17, 15) is 19.2 Å². The third-order valence-electron chi connectivity index (χ3n) is 6.81. The summed E-state index contributed by atoms with van der Waals surface area (Å²) in [6, 6.07) is 21.8. The molecule has 1 heterocycles. The van der Waals surface area contributed by atoms with Crippen molar-refractivity contribution in [1.29, 1.82) is 0 Å². The SMILES string of the molecule is C=Cc1ccccc1C1C(NC(=O)COc2ccccc2)C(=O)N1C(C(=O)OCc1ccccc1)C(=O)C(C)(C)C. The van der Waals surface area contributed by atoms with Gasteiger partial charge >= 0.3 is 5.97 Å². The number of carbonyl (C=O) groups is 4. The lowest BCUT2D eigenvalue weighted by Crippen LogP contribution is -2.71. The van der Waals surface area contributed by atoms with E-state index >= 15 is 0 Å². The molecule has 4 rings (SSSR count). The monoisotopic (exact) mass is 554 g/mol. The van der Waals surface area contributed by atoms with Gasteiger partial charge in [0.15, 0.2) is 18.4 Å². The van der Waals surface area contributed by atoms with Gasteiger partial charge in [-0.15, -0.1) is 0 Å². The van der Waals surface area contributed by atoms with Crippen molar-refractivity contribution in [2.75, 3.05) is 6.61 Å². The maximum atomic E-state index is 13.7. The van der Waals surface area contributed by atoms with Crippen molar-refractivity contribution >= 4 is 29.6 Å². The van der Waals surface area contributed by atoms with Crippen molar-refractivity contribution in [3.8, 4) is 5.75 Å². The molecular formula is C33H34N2O6. The molecule has 1 fully saturated rings. The Hall–Kier alpha value is -4.72. The summed E-state index contributed by atoms with van der Waals surface area (Å²) in [4.78, 5) is 55.0. The standard InChI is InChI=1S/C33H34N2O6/c1-5-23-16-12-13-19-25(23)28-27(34-26(36)21-40-24-17-10-7-11-18-24)31(38)35(28)29(30(37)33(2,3)4)32(39)41-20-22-14-8-6-9-15-22/h5-19,27-29H,1,20-21H2,2-4H3,(H,34,36). The molecule has 3 atom stereocenters. The van der Waals surface area contributed by atoms with Gasteiger partial charge in [-0.2, -0.15) is 0 Å². The summed E-state index contributed by atoms with van der Waals surface area (Å²) in [6.07, 6.45) is 1.63. The van der Waals surface area contributed by atoms with E-state index in [1.807, 2.05) is 36.4 Å². The number of nitrogens with one attached hydrogen (secondary N) is 1. The zero-order valence-electron chi connectivity index (χ0n) is 23.4. The minimum atomic E-state index is -1.51. The van der Waals surface area contributed by atoms with Crippen LogP contribution in [0.2, 0.25) is 0 Å². The lowest BCUT2D eigenvalue weighted by Gasteiger charge is -2.50. The van der Waals surface area contributed by atoms with Crippen LogP contribution in [0.15, 0.2) is 91.5 Å². The molecule has 3 aromatic rings. The Morgan fingerprint density at radius 2 is 1.56 bits per heavy atom. The van der Waals surface area contributed by atoms with Gasteiger partial charge in [0.1, 0.15) is 18.4 Å². The third-order valence-corrected chi connectivity index (χ3v) is 6.81. The number of benzene rings is 3. The van der Waals surface area contributed by atoms with Crippen LogP contribution in [0.4, 0.5) is 0 Å². The molecule has 8 nitrogen and oxygen atoms in total. The Morgan fingerprint density at radius 3 is 2.20 bits per heavy atom. The van der Waals surface area contributed by atoms with E-state index in [0.717, 1.165) is 5.56 Å². The first-order valence-corrected chi connectivity index (χ1v) is 13.4. The fraction of sp³-hybridized carbons (Fsp3) is 0.273. The van der Waals surface area contributed by atoms with Crippen LogP contribution in [0, 0.1) is 5.41 Å². The number of Topliss-reactive ketones (excluding diaryl/α,β-unsaturated/α-hetero) is 1. The number of para-hydroxylation sites is 1. The first-order valence-electron chi connectivity index (χ1n) is 13.4. The van der Waals surface area contributed by atoms with Gasteiger partial charge in [0.05, 0.1) is 6.04 Å². The highest BCUT2D eigenvalue weighted by molar-refractivity contribution is 6.10. The lowest BCUT2D eigenvalue weighted by molar-refractivity contribution is -0.175. The predicted molar refractivity (Wildman–Crippen MR) is 154 cm³/mol. The molecule has 1 aliphatic heterocycles. The van der Waals surface area contributed by atoms with Crippen molar-refractivity contribution in [1.82, 2.24) is 10.2 Å². The van der Waals surface area contributed by atoms with Gasteiger partial charge in [-0.25, -0.2) is 4.79 Å². The van der Waals surface area contributed by atoms with E-state index in [1.54, 1.807) is 75.4 Å². The number of hydrogen-bond donors (Lipinski definition) is 1. The van der Waals surface area contributed by atoms with Gasteiger partial charge in [-0.3, -0.25) is 14.4 Å². The van der Waals surface area contributed by atoms with E-state index in [1.165, 1.54) is 4.90 Å². The van der Waals surface area contributed by atoms with Crippen molar-refractivity contribution in [3.05, 3.63) is 108 Å². The number of nitrogens with zero attached hydrogens (tertiary/aromatic N) is 1. The van der Waals surface area contributed by atoms with E-state index in [2.05, 4.69) is 11.9 Å². The lowest BCUT2D eigenvalue weighted by atomic mass is 9.79. The summed E-state index contributed by atoms with van der Waals surface area (Å²) in [5, 5.41) is 2.74. The van der Waals surface area contributed by atoms with E-state index in [0.29, 0.717) is 16.9 Å². The molecule has 2 amide bonds. The molecular weight excluding hydrogens is 520 g/mol. The van der Waals surface area contributed by atoms with E-state index in [-0.39, 0.29) is 13.2 Å². The van der Waals surface area contributed by atoms with Crippen LogP contribution in [0.25, 0.3) is 6.08 Å². The molecule has 0 saturated carbocycles. The number of carbonyl (C=O) groups excluding carboxylic acids is 4. The molecule has 212 valence electrons. The van der Waals surface area contributed by atoms with Gasteiger partial charge in [-0.05, 0) is 28.8 Å². The second-order valence-corrected chi connectivity index (χ2v) is 10.8. The molecule has 41 heavy (non-hydrogen) atoms. The van der Waals surface area contributed by atoms with Crippen molar-refractivity contribution in [2.45, 2.75) is 45.5 Å². The van der Waals surface area contributed by atoms with Crippen LogP contribution in [-0.2, 0) is 30.5 Å². The van der Waals surface area contributed by atoms with Crippen molar-refractivity contribution < 1.29 is 28.7 Å².